The Kier molecular flexibility index (Phi) is 10.7. The number of sulfonamides is 1. The second-order valence-electron chi connectivity index (χ2n) is 9.11. The van der Waals surface area contributed by atoms with Gasteiger partial charge in [-0.05, 0) is 84.2 Å². The fourth-order valence-electron chi connectivity index (χ4n) is 4.17. The number of methoxy groups -OCH3 is 1. The van der Waals surface area contributed by atoms with E-state index in [1.54, 1.807) is 38.1 Å². The fraction of sp³-hybridized carbons (Fsp3) is 0.310. The predicted octanol–water partition coefficient (Wildman–Crippen LogP) is 5.04. The standard InChI is InChI=1S/C29H33BrFN3O5S/c1-5-26(29(36)32-6-2)33(18-21-9-11-22(31)12-10-21)28(35)19-34(23-13-7-20(3)8-14-23)40(37,38)24-15-16-27(39-4)25(30)17-24/h7-17,26H,5-6,18-19H2,1-4H3,(H,32,36)/t26-/m0/s1. The minimum Gasteiger partial charge on any atom is -0.496 e. The summed E-state index contributed by atoms with van der Waals surface area (Å²) in [4.78, 5) is 28.2. The van der Waals surface area contributed by atoms with Gasteiger partial charge in [0.1, 0.15) is 24.2 Å². The molecule has 0 aliphatic rings. The quantitative estimate of drug-likeness (QED) is 0.301. The highest BCUT2D eigenvalue weighted by Gasteiger charge is 2.33. The van der Waals surface area contributed by atoms with Crippen LogP contribution in [0, 0.1) is 12.7 Å². The number of nitrogens with one attached hydrogen (secondary N) is 1. The largest absolute Gasteiger partial charge is 0.496 e. The average molecular weight is 635 g/mol. The molecule has 214 valence electrons. The van der Waals surface area contributed by atoms with Crippen LogP contribution in [0.25, 0.3) is 0 Å². The molecule has 0 fully saturated rings. The number of benzene rings is 3. The lowest BCUT2D eigenvalue weighted by molar-refractivity contribution is -0.140. The maximum absolute atomic E-state index is 14.0. The number of ether oxygens (including phenoxy) is 1. The first kappa shape index (κ1) is 31.1. The van der Waals surface area contributed by atoms with Crippen LogP contribution >= 0.6 is 15.9 Å². The van der Waals surface area contributed by atoms with Crippen molar-refractivity contribution in [3.63, 3.8) is 0 Å². The van der Waals surface area contributed by atoms with Crippen molar-refractivity contribution in [2.45, 2.75) is 44.7 Å². The Balaban J connectivity index is 2.07. The minimum absolute atomic E-state index is 0.00930. The van der Waals surface area contributed by atoms with E-state index in [-0.39, 0.29) is 17.3 Å². The highest BCUT2D eigenvalue weighted by Crippen LogP contribution is 2.31. The Morgan fingerprint density at radius 3 is 2.23 bits per heavy atom. The van der Waals surface area contributed by atoms with Crippen molar-refractivity contribution in [1.82, 2.24) is 10.2 Å². The highest BCUT2D eigenvalue weighted by atomic mass is 79.9. The molecule has 0 heterocycles. The van der Waals surface area contributed by atoms with Gasteiger partial charge in [0.25, 0.3) is 10.0 Å². The van der Waals surface area contributed by atoms with Crippen LogP contribution in [0.5, 0.6) is 5.75 Å². The molecule has 8 nitrogen and oxygen atoms in total. The van der Waals surface area contributed by atoms with Crippen molar-refractivity contribution in [2.75, 3.05) is 24.5 Å². The number of aryl methyl sites for hydroxylation is 1. The van der Waals surface area contributed by atoms with E-state index in [0.29, 0.717) is 34.4 Å². The Morgan fingerprint density at radius 2 is 1.68 bits per heavy atom. The monoisotopic (exact) mass is 633 g/mol. The molecule has 11 heteroatoms. The normalized spacial score (nSPS) is 11.9. The summed E-state index contributed by atoms with van der Waals surface area (Å²) in [5, 5.41) is 2.75. The van der Waals surface area contributed by atoms with E-state index in [1.807, 2.05) is 6.92 Å². The smallest absolute Gasteiger partial charge is 0.264 e. The molecule has 1 atom stereocenters. The van der Waals surface area contributed by atoms with Gasteiger partial charge in [0.05, 0.1) is 22.2 Å². The number of rotatable bonds is 12. The van der Waals surface area contributed by atoms with Crippen LogP contribution in [0.4, 0.5) is 10.1 Å². The number of hydrogen-bond acceptors (Lipinski definition) is 5. The lowest BCUT2D eigenvalue weighted by atomic mass is 10.1. The number of hydrogen-bond donors (Lipinski definition) is 1. The second kappa shape index (κ2) is 13.8. The number of halogens is 2. The lowest BCUT2D eigenvalue weighted by Gasteiger charge is -2.33. The molecule has 1 N–H and O–H groups in total. The van der Waals surface area contributed by atoms with Gasteiger partial charge < -0.3 is 15.0 Å². The maximum Gasteiger partial charge on any atom is 0.264 e. The van der Waals surface area contributed by atoms with Crippen LogP contribution in [-0.2, 0) is 26.2 Å². The second-order valence-corrected chi connectivity index (χ2v) is 11.8. The summed E-state index contributed by atoms with van der Waals surface area (Å²) in [5.74, 6) is -0.918. The van der Waals surface area contributed by atoms with Gasteiger partial charge in [0, 0.05) is 13.1 Å². The molecule has 0 bridgehead atoms. The van der Waals surface area contributed by atoms with Crippen LogP contribution in [0.15, 0.2) is 76.1 Å². The van der Waals surface area contributed by atoms with Crippen molar-refractivity contribution in [3.05, 3.63) is 88.1 Å². The third-order valence-corrected chi connectivity index (χ3v) is 8.70. The van der Waals surface area contributed by atoms with Crippen LogP contribution in [0.2, 0.25) is 0 Å². The van der Waals surface area contributed by atoms with Crippen molar-refractivity contribution >= 4 is 43.5 Å². The Hall–Kier alpha value is -3.44. The van der Waals surface area contributed by atoms with Crippen molar-refractivity contribution in [2.24, 2.45) is 0 Å². The Bertz CT molecular complexity index is 1430. The van der Waals surface area contributed by atoms with E-state index in [0.717, 1.165) is 9.87 Å². The van der Waals surface area contributed by atoms with E-state index >= 15 is 0 Å². The molecule has 0 aliphatic heterocycles. The van der Waals surface area contributed by atoms with E-state index in [4.69, 9.17) is 4.74 Å². The number of carbonyl (C=O) groups excluding carboxylic acids is 2. The van der Waals surface area contributed by atoms with Gasteiger partial charge in [0.15, 0.2) is 0 Å². The SMILES string of the molecule is CCNC(=O)[C@H](CC)N(Cc1ccc(F)cc1)C(=O)CN(c1ccc(C)cc1)S(=O)(=O)c1ccc(OC)c(Br)c1. The van der Waals surface area contributed by atoms with E-state index in [1.165, 1.54) is 54.5 Å². The van der Waals surface area contributed by atoms with Gasteiger partial charge in [-0.3, -0.25) is 13.9 Å². The molecule has 3 rings (SSSR count). The molecular formula is C29H33BrFN3O5S. The number of likely N-dealkylation sites (N-methyl/N-ethyl adjacent to an activating group) is 1. The zero-order chi connectivity index (χ0) is 29.4. The molecule has 0 spiro atoms. The molecule has 0 unspecified atom stereocenters. The van der Waals surface area contributed by atoms with Gasteiger partial charge in [-0.2, -0.15) is 0 Å². The van der Waals surface area contributed by atoms with Gasteiger partial charge in [-0.25, -0.2) is 12.8 Å². The minimum atomic E-state index is -4.23. The first-order chi connectivity index (χ1) is 19.0. The van der Waals surface area contributed by atoms with E-state index in [2.05, 4.69) is 21.2 Å². The zero-order valence-electron chi connectivity index (χ0n) is 22.9. The number of amides is 2. The molecule has 0 saturated heterocycles. The van der Waals surface area contributed by atoms with Crippen molar-refractivity contribution in [3.8, 4) is 5.75 Å². The van der Waals surface area contributed by atoms with Crippen molar-refractivity contribution in [1.29, 1.82) is 0 Å². The molecule has 3 aromatic rings. The fourth-order valence-corrected chi connectivity index (χ4v) is 6.31. The molecule has 3 aromatic carbocycles. The first-order valence-corrected chi connectivity index (χ1v) is 15.0. The Morgan fingerprint density at radius 1 is 1.02 bits per heavy atom. The summed E-state index contributed by atoms with van der Waals surface area (Å²) >= 11 is 3.34. The zero-order valence-corrected chi connectivity index (χ0v) is 25.3. The third-order valence-electron chi connectivity index (χ3n) is 6.32. The highest BCUT2D eigenvalue weighted by molar-refractivity contribution is 9.10. The van der Waals surface area contributed by atoms with Gasteiger partial charge in [-0.1, -0.05) is 36.8 Å². The first-order valence-electron chi connectivity index (χ1n) is 12.8. The summed E-state index contributed by atoms with van der Waals surface area (Å²) in [6, 6.07) is 15.9. The summed E-state index contributed by atoms with van der Waals surface area (Å²) in [6.07, 6.45) is 0.293. The molecule has 40 heavy (non-hydrogen) atoms. The van der Waals surface area contributed by atoms with Crippen LogP contribution in [-0.4, -0.2) is 51.4 Å². The van der Waals surface area contributed by atoms with Crippen molar-refractivity contribution < 1.29 is 27.1 Å². The topological polar surface area (TPSA) is 96.0 Å². The number of carbonyl (C=O) groups is 2. The van der Waals surface area contributed by atoms with Crippen LogP contribution in [0.3, 0.4) is 0 Å². The van der Waals surface area contributed by atoms with Crippen LogP contribution < -0.4 is 14.4 Å². The lowest BCUT2D eigenvalue weighted by Crippen LogP contribution is -2.52. The molecular weight excluding hydrogens is 601 g/mol. The molecule has 2 amide bonds. The number of nitrogens with zero attached hydrogens (tertiary/aromatic N) is 2. The van der Waals surface area contributed by atoms with E-state index < -0.39 is 34.3 Å². The number of anilines is 1. The molecule has 0 saturated carbocycles. The van der Waals surface area contributed by atoms with Gasteiger partial charge in [0.2, 0.25) is 11.8 Å². The van der Waals surface area contributed by atoms with Gasteiger partial charge in [-0.15, -0.1) is 0 Å². The summed E-state index contributed by atoms with van der Waals surface area (Å²) in [6.45, 7) is 5.21. The molecule has 0 aromatic heterocycles. The van der Waals surface area contributed by atoms with E-state index in [9.17, 15) is 22.4 Å². The molecule has 0 aliphatic carbocycles. The third kappa shape index (κ3) is 7.39. The molecule has 0 radical (unpaired) electrons. The Labute approximate surface area is 243 Å². The summed E-state index contributed by atoms with van der Waals surface area (Å²) < 4.78 is 48.2. The average Bonchev–Trinajstić information content (AvgIpc) is 2.93. The van der Waals surface area contributed by atoms with Crippen LogP contribution in [0.1, 0.15) is 31.4 Å². The maximum atomic E-state index is 14.0. The van der Waals surface area contributed by atoms with Gasteiger partial charge >= 0.3 is 0 Å². The predicted molar refractivity (Wildman–Crippen MR) is 156 cm³/mol. The summed E-state index contributed by atoms with van der Waals surface area (Å²) in [5.41, 5.74) is 1.81. The summed E-state index contributed by atoms with van der Waals surface area (Å²) in [7, 11) is -2.76.